The van der Waals surface area contributed by atoms with Crippen LogP contribution in [0.1, 0.15) is 5.56 Å². The lowest BCUT2D eigenvalue weighted by Gasteiger charge is -2.36. The van der Waals surface area contributed by atoms with Gasteiger partial charge in [0.1, 0.15) is 5.82 Å². The van der Waals surface area contributed by atoms with Crippen LogP contribution in [0.4, 0.5) is 5.82 Å². The van der Waals surface area contributed by atoms with Gasteiger partial charge in [-0.3, -0.25) is 14.7 Å². The van der Waals surface area contributed by atoms with Gasteiger partial charge in [-0.2, -0.15) is 0 Å². The van der Waals surface area contributed by atoms with Crippen LogP contribution in [0.3, 0.4) is 0 Å². The smallest absolute Gasteiger partial charge is 0.236 e. The summed E-state index contributed by atoms with van der Waals surface area (Å²) in [5.74, 6) is 1.08. The number of carbonyl (C=O) groups excluding carboxylic acids is 1. The first-order chi connectivity index (χ1) is 12.1. The minimum absolute atomic E-state index is 0.167. The molecule has 3 rings (SSSR count). The Kier molecular flexibility index (Phi) is 5.83. The highest BCUT2D eigenvalue weighted by atomic mass is 35.5. The van der Waals surface area contributed by atoms with Gasteiger partial charge in [0.05, 0.1) is 11.6 Å². The first-order valence-electron chi connectivity index (χ1n) is 8.33. The second kappa shape index (κ2) is 8.27. The Morgan fingerprint density at radius 2 is 1.88 bits per heavy atom. The Labute approximate surface area is 153 Å². The maximum atomic E-state index is 12.5. The SMILES string of the molecule is CN(CC(=O)N1CCN(c2ccc(Cl)cn2)CC1)Cc1ccncc1. The van der Waals surface area contributed by atoms with Crippen LogP contribution < -0.4 is 4.90 Å². The molecular formula is C18H22ClN5O. The van der Waals surface area contributed by atoms with E-state index in [2.05, 4.69) is 14.9 Å². The molecule has 7 heteroatoms. The van der Waals surface area contributed by atoms with Crippen molar-refractivity contribution in [2.24, 2.45) is 0 Å². The highest BCUT2D eigenvalue weighted by Crippen LogP contribution is 2.16. The number of halogens is 1. The molecule has 3 heterocycles. The average molecular weight is 360 g/mol. The first kappa shape index (κ1) is 17.6. The van der Waals surface area contributed by atoms with Crippen LogP contribution in [0, 0.1) is 0 Å². The van der Waals surface area contributed by atoms with Crippen molar-refractivity contribution in [3.63, 3.8) is 0 Å². The third kappa shape index (κ3) is 4.90. The highest BCUT2D eigenvalue weighted by molar-refractivity contribution is 6.30. The van der Waals surface area contributed by atoms with Crippen molar-refractivity contribution in [2.45, 2.75) is 6.54 Å². The van der Waals surface area contributed by atoms with Gasteiger partial charge >= 0.3 is 0 Å². The third-order valence-electron chi connectivity index (χ3n) is 4.28. The molecule has 0 radical (unpaired) electrons. The van der Waals surface area contributed by atoms with Gasteiger partial charge in [-0.25, -0.2) is 4.98 Å². The predicted molar refractivity (Wildman–Crippen MR) is 98.6 cm³/mol. The summed E-state index contributed by atoms with van der Waals surface area (Å²) in [6.45, 7) is 4.16. The molecule has 0 unspecified atom stereocenters. The molecule has 1 saturated heterocycles. The van der Waals surface area contributed by atoms with Crippen molar-refractivity contribution < 1.29 is 4.79 Å². The number of anilines is 1. The van der Waals surface area contributed by atoms with Crippen LogP contribution in [0.5, 0.6) is 0 Å². The van der Waals surface area contributed by atoms with E-state index in [1.165, 1.54) is 0 Å². The van der Waals surface area contributed by atoms with E-state index in [1.54, 1.807) is 18.6 Å². The predicted octanol–water partition coefficient (Wildman–Crippen LogP) is 1.91. The maximum Gasteiger partial charge on any atom is 0.236 e. The highest BCUT2D eigenvalue weighted by Gasteiger charge is 2.22. The minimum Gasteiger partial charge on any atom is -0.353 e. The van der Waals surface area contributed by atoms with E-state index in [9.17, 15) is 4.79 Å². The number of rotatable bonds is 5. The van der Waals surface area contributed by atoms with E-state index in [-0.39, 0.29) is 5.91 Å². The van der Waals surface area contributed by atoms with Crippen molar-refractivity contribution in [1.29, 1.82) is 0 Å². The van der Waals surface area contributed by atoms with Gasteiger partial charge in [-0.15, -0.1) is 0 Å². The van der Waals surface area contributed by atoms with Crippen molar-refractivity contribution in [1.82, 2.24) is 19.8 Å². The molecular weight excluding hydrogens is 338 g/mol. The zero-order valence-corrected chi connectivity index (χ0v) is 15.1. The van der Waals surface area contributed by atoms with E-state index in [0.717, 1.165) is 31.0 Å². The molecule has 1 aliphatic rings. The fraction of sp³-hybridized carbons (Fsp3) is 0.389. The molecule has 1 fully saturated rings. The summed E-state index contributed by atoms with van der Waals surface area (Å²) in [4.78, 5) is 27.0. The fourth-order valence-electron chi connectivity index (χ4n) is 2.93. The topological polar surface area (TPSA) is 52.6 Å². The van der Waals surface area contributed by atoms with Gasteiger partial charge in [0, 0.05) is 51.3 Å². The molecule has 132 valence electrons. The summed E-state index contributed by atoms with van der Waals surface area (Å²) in [7, 11) is 1.96. The number of hydrogen-bond acceptors (Lipinski definition) is 5. The Bertz CT molecular complexity index is 686. The van der Waals surface area contributed by atoms with Crippen LogP contribution in [0.15, 0.2) is 42.9 Å². The quantitative estimate of drug-likeness (QED) is 0.816. The molecule has 0 N–H and O–H groups in total. The molecule has 0 atom stereocenters. The lowest BCUT2D eigenvalue weighted by Crippen LogP contribution is -2.51. The second-order valence-electron chi connectivity index (χ2n) is 6.23. The molecule has 0 spiro atoms. The molecule has 0 bridgehead atoms. The molecule has 0 aliphatic carbocycles. The number of aromatic nitrogens is 2. The Hall–Kier alpha value is -2.18. The summed E-state index contributed by atoms with van der Waals surface area (Å²) >= 11 is 5.88. The Morgan fingerprint density at radius 1 is 1.16 bits per heavy atom. The number of amides is 1. The van der Waals surface area contributed by atoms with Crippen molar-refractivity contribution in [2.75, 3.05) is 44.7 Å². The van der Waals surface area contributed by atoms with E-state index < -0.39 is 0 Å². The van der Waals surface area contributed by atoms with Gasteiger partial charge in [0.15, 0.2) is 0 Å². The summed E-state index contributed by atoms with van der Waals surface area (Å²) in [5, 5.41) is 0.634. The number of pyridine rings is 2. The van der Waals surface area contributed by atoms with Crippen LogP contribution in [0.25, 0.3) is 0 Å². The number of piperazine rings is 1. The summed E-state index contributed by atoms with van der Waals surface area (Å²) in [6.07, 6.45) is 5.20. The number of hydrogen-bond donors (Lipinski definition) is 0. The summed E-state index contributed by atoms with van der Waals surface area (Å²) in [6, 6.07) is 7.70. The van der Waals surface area contributed by atoms with Gasteiger partial charge in [-0.1, -0.05) is 11.6 Å². The van der Waals surface area contributed by atoms with Gasteiger partial charge in [-0.05, 0) is 36.9 Å². The molecule has 2 aromatic rings. The zero-order chi connectivity index (χ0) is 17.6. The lowest BCUT2D eigenvalue weighted by atomic mass is 10.2. The van der Waals surface area contributed by atoms with E-state index in [0.29, 0.717) is 24.7 Å². The largest absolute Gasteiger partial charge is 0.353 e. The molecule has 1 aliphatic heterocycles. The van der Waals surface area contributed by atoms with Gasteiger partial charge in [0.2, 0.25) is 5.91 Å². The van der Waals surface area contributed by atoms with E-state index in [1.807, 2.05) is 41.1 Å². The van der Waals surface area contributed by atoms with E-state index in [4.69, 9.17) is 11.6 Å². The third-order valence-corrected chi connectivity index (χ3v) is 4.50. The standard InChI is InChI=1S/C18H22ClN5O/c1-22(13-15-4-6-20-7-5-15)14-18(25)24-10-8-23(9-11-24)17-3-2-16(19)12-21-17/h2-7,12H,8-11,13-14H2,1H3. The lowest BCUT2D eigenvalue weighted by molar-refractivity contribution is -0.132. The van der Waals surface area contributed by atoms with Crippen molar-refractivity contribution in [3.8, 4) is 0 Å². The van der Waals surface area contributed by atoms with Crippen molar-refractivity contribution >= 4 is 23.3 Å². The monoisotopic (exact) mass is 359 g/mol. The summed E-state index contributed by atoms with van der Waals surface area (Å²) < 4.78 is 0. The Balaban J connectivity index is 1.47. The van der Waals surface area contributed by atoms with Gasteiger partial charge < -0.3 is 9.80 Å². The zero-order valence-electron chi connectivity index (χ0n) is 14.3. The first-order valence-corrected chi connectivity index (χ1v) is 8.71. The summed E-state index contributed by atoms with van der Waals surface area (Å²) in [5.41, 5.74) is 1.16. The molecule has 0 aromatic carbocycles. The van der Waals surface area contributed by atoms with Crippen LogP contribution in [-0.4, -0.2) is 65.4 Å². The average Bonchev–Trinajstić information content (AvgIpc) is 2.63. The maximum absolute atomic E-state index is 12.5. The van der Waals surface area contributed by atoms with E-state index >= 15 is 0 Å². The molecule has 25 heavy (non-hydrogen) atoms. The van der Waals surface area contributed by atoms with Gasteiger partial charge in [0.25, 0.3) is 0 Å². The van der Waals surface area contributed by atoms with Crippen LogP contribution >= 0.6 is 11.6 Å². The van der Waals surface area contributed by atoms with Crippen LogP contribution in [-0.2, 0) is 11.3 Å². The Morgan fingerprint density at radius 3 is 2.52 bits per heavy atom. The fourth-order valence-corrected chi connectivity index (χ4v) is 3.04. The number of nitrogens with zero attached hydrogens (tertiary/aromatic N) is 5. The molecule has 2 aromatic heterocycles. The molecule has 0 saturated carbocycles. The normalized spacial score (nSPS) is 14.8. The molecule has 6 nitrogen and oxygen atoms in total. The van der Waals surface area contributed by atoms with Crippen molar-refractivity contribution in [3.05, 3.63) is 53.4 Å². The number of likely N-dealkylation sites (N-methyl/N-ethyl adjacent to an activating group) is 1. The van der Waals surface area contributed by atoms with Crippen LogP contribution in [0.2, 0.25) is 5.02 Å². The number of carbonyl (C=O) groups is 1. The second-order valence-corrected chi connectivity index (χ2v) is 6.67. The minimum atomic E-state index is 0.167. The molecule has 1 amide bonds.